The van der Waals surface area contributed by atoms with Crippen LogP contribution < -0.4 is 5.32 Å². The second kappa shape index (κ2) is 10.4. The number of carbonyl (C=O) groups is 2. The number of piperidine rings is 1. The molecule has 0 saturated carbocycles. The van der Waals surface area contributed by atoms with Gasteiger partial charge in [-0.25, -0.2) is 0 Å². The van der Waals surface area contributed by atoms with Crippen LogP contribution in [-0.2, 0) is 9.59 Å². The molecule has 3 aliphatic rings. The second-order valence-corrected chi connectivity index (χ2v) is 10.6. The molecule has 0 radical (unpaired) electrons. The second-order valence-electron chi connectivity index (χ2n) is 10.6. The molecule has 3 fully saturated rings. The summed E-state index contributed by atoms with van der Waals surface area (Å²) < 4.78 is 0. The molecule has 30 heavy (non-hydrogen) atoms. The van der Waals surface area contributed by atoms with Crippen molar-refractivity contribution < 1.29 is 9.59 Å². The minimum absolute atomic E-state index is 0.121. The molecular formula is C24H44N4O2. The number of hydrogen-bond acceptors (Lipinski definition) is 4. The number of nitrogens with one attached hydrogen (secondary N) is 1. The molecular weight excluding hydrogens is 376 g/mol. The van der Waals surface area contributed by atoms with Crippen LogP contribution in [0.3, 0.4) is 0 Å². The van der Waals surface area contributed by atoms with Gasteiger partial charge in [-0.2, -0.15) is 0 Å². The lowest BCUT2D eigenvalue weighted by atomic mass is 9.87. The molecule has 3 rings (SSSR count). The number of amides is 2. The van der Waals surface area contributed by atoms with Gasteiger partial charge in [-0.1, -0.05) is 27.7 Å². The van der Waals surface area contributed by atoms with Crippen molar-refractivity contribution in [1.82, 2.24) is 20.0 Å². The highest BCUT2D eigenvalue weighted by Crippen LogP contribution is 2.28. The molecule has 172 valence electrons. The van der Waals surface area contributed by atoms with Crippen LogP contribution in [-0.4, -0.2) is 83.9 Å². The molecule has 2 unspecified atom stereocenters. The van der Waals surface area contributed by atoms with Crippen molar-refractivity contribution in [2.45, 2.75) is 84.8 Å². The number of hydrogen-bond donors (Lipinski definition) is 1. The molecule has 0 aromatic heterocycles. The standard InChI is InChI=1S/C24H44N4O2/c1-17(2)15-21-23(29)28(14-9-25-21)22(16-18(3)4)24(30)27-12-7-20(8-13-27)19(5)26-10-6-11-26/h17-22,25H,6-16H2,1-5H3/t19?,21-,22?/m0/s1. The van der Waals surface area contributed by atoms with Crippen LogP contribution in [0.2, 0.25) is 0 Å². The highest BCUT2D eigenvalue weighted by molar-refractivity contribution is 5.90. The highest BCUT2D eigenvalue weighted by Gasteiger charge is 2.39. The van der Waals surface area contributed by atoms with E-state index in [1.165, 1.54) is 19.5 Å². The highest BCUT2D eigenvalue weighted by atomic mass is 16.2. The minimum Gasteiger partial charge on any atom is -0.341 e. The lowest BCUT2D eigenvalue weighted by Crippen LogP contribution is -2.62. The zero-order valence-corrected chi connectivity index (χ0v) is 19.9. The number of likely N-dealkylation sites (tertiary alicyclic amines) is 2. The first-order valence-electron chi connectivity index (χ1n) is 12.3. The summed E-state index contributed by atoms with van der Waals surface area (Å²) in [6, 6.07) is 0.178. The Bertz CT molecular complexity index is 582. The Morgan fingerprint density at radius 3 is 2.20 bits per heavy atom. The summed E-state index contributed by atoms with van der Waals surface area (Å²) in [6.45, 7) is 16.5. The van der Waals surface area contributed by atoms with E-state index < -0.39 is 0 Å². The Morgan fingerprint density at radius 1 is 1.00 bits per heavy atom. The molecule has 3 saturated heterocycles. The SMILES string of the molecule is CC(C)CC(C(=O)N1CCC(C(C)N2CCC2)CC1)N1CCN[C@@H](CC(C)C)C1=O. The van der Waals surface area contributed by atoms with Crippen molar-refractivity contribution in [3.63, 3.8) is 0 Å². The Kier molecular flexibility index (Phi) is 8.19. The van der Waals surface area contributed by atoms with Gasteiger partial charge in [0.2, 0.25) is 11.8 Å². The summed E-state index contributed by atoms with van der Waals surface area (Å²) in [5, 5.41) is 3.38. The monoisotopic (exact) mass is 420 g/mol. The molecule has 6 nitrogen and oxygen atoms in total. The molecule has 6 heteroatoms. The smallest absolute Gasteiger partial charge is 0.245 e. The van der Waals surface area contributed by atoms with Crippen LogP contribution >= 0.6 is 0 Å². The van der Waals surface area contributed by atoms with Crippen LogP contribution in [0, 0.1) is 17.8 Å². The molecule has 0 bridgehead atoms. The van der Waals surface area contributed by atoms with E-state index in [1.807, 2.05) is 4.90 Å². The maximum Gasteiger partial charge on any atom is 0.245 e. The Balaban J connectivity index is 1.63. The molecule has 3 heterocycles. The van der Waals surface area contributed by atoms with E-state index in [0.29, 0.717) is 30.3 Å². The molecule has 1 N–H and O–H groups in total. The normalized spacial score (nSPS) is 26.2. The summed E-state index contributed by atoms with van der Waals surface area (Å²) in [6.07, 6.45) is 5.09. The van der Waals surface area contributed by atoms with Gasteiger partial charge in [0.1, 0.15) is 6.04 Å². The third kappa shape index (κ3) is 5.56. The first-order chi connectivity index (χ1) is 14.3. The average Bonchev–Trinajstić information content (AvgIpc) is 2.66. The van der Waals surface area contributed by atoms with Crippen molar-refractivity contribution in [1.29, 1.82) is 0 Å². The number of nitrogens with zero attached hydrogens (tertiary/aromatic N) is 3. The molecule has 0 aliphatic carbocycles. The van der Waals surface area contributed by atoms with Crippen LogP contribution in [0.1, 0.15) is 66.7 Å². The maximum atomic E-state index is 13.6. The summed E-state index contributed by atoms with van der Waals surface area (Å²) in [5.74, 6) is 1.83. The van der Waals surface area contributed by atoms with Gasteiger partial charge in [0, 0.05) is 32.2 Å². The first-order valence-corrected chi connectivity index (χ1v) is 12.3. The molecule has 3 atom stereocenters. The van der Waals surface area contributed by atoms with Gasteiger partial charge in [0.25, 0.3) is 0 Å². The van der Waals surface area contributed by atoms with E-state index >= 15 is 0 Å². The quantitative estimate of drug-likeness (QED) is 0.656. The Labute approximate surface area is 183 Å². The van der Waals surface area contributed by atoms with Crippen LogP contribution in [0.4, 0.5) is 0 Å². The van der Waals surface area contributed by atoms with Crippen molar-refractivity contribution >= 4 is 11.8 Å². The topological polar surface area (TPSA) is 55.9 Å². The van der Waals surface area contributed by atoms with Crippen molar-refractivity contribution in [3.05, 3.63) is 0 Å². The summed E-state index contributed by atoms with van der Waals surface area (Å²) in [7, 11) is 0. The van der Waals surface area contributed by atoms with Gasteiger partial charge < -0.3 is 20.0 Å². The summed E-state index contributed by atoms with van der Waals surface area (Å²) in [5.41, 5.74) is 0. The number of rotatable bonds is 8. The van der Waals surface area contributed by atoms with E-state index in [-0.39, 0.29) is 23.9 Å². The first kappa shape index (κ1) is 23.5. The van der Waals surface area contributed by atoms with E-state index in [0.717, 1.165) is 45.3 Å². The molecule has 0 aromatic carbocycles. The largest absolute Gasteiger partial charge is 0.341 e. The van der Waals surface area contributed by atoms with E-state index in [4.69, 9.17) is 0 Å². The van der Waals surface area contributed by atoms with Crippen LogP contribution in [0.15, 0.2) is 0 Å². The summed E-state index contributed by atoms with van der Waals surface area (Å²) >= 11 is 0. The van der Waals surface area contributed by atoms with Gasteiger partial charge in [0.05, 0.1) is 6.04 Å². The fourth-order valence-corrected chi connectivity index (χ4v) is 5.39. The molecule has 3 aliphatic heterocycles. The van der Waals surface area contributed by atoms with Crippen LogP contribution in [0.5, 0.6) is 0 Å². The fourth-order valence-electron chi connectivity index (χ4n) is 5.39. The van der Waals surface area contributed by atoms with Gasteiger partial charge in [-0.3, -0.25) is 9.59 Å². The molecule has 2 amide bonds. The van der Waals surface area contributed by atoms with Gasteiger partial charge >= 0.3 is 0 Å². The number of piperazine rings is 1. The predicted octanol–water partition coefficient (Wildman–Crippen LogP) is 2.58. The average molecular weight is 421 g/mol. The Morgan fingerprint density at radius 2 is 1.67 bits per heavy atom. The third-order valence-electron chi connectivity index (χ3n) is 7.39. The van der Waals surface area contributed by atoms with Crippen LogP contribution in [0.25, 0.3) is 0 Å². The summed E-state index contributed by atoms with van der Waals surface area (Å²) in [4.78, 5) is 33.3. The van der Waals surface area contributed by atoms with Crippen molar-refractivity contribution in [3.8, 4) is 0 Å². The number of carbonyl (C=O) groups excluding carboxylic acids is 2. The molecule has 0 aromatic rings. The van der Waals surface area contributed by atoms with Gasteiger partial charge in [0.15, 0.2) is 0 Å². The van der Waals surface area contributed by atoms with Crippen molar-refractivity contribution in [2.24, 2.45) is 17.8 Å². The minimum atomic E-state index is -0.307. The fraction of sp³-hybridized carbons (Fsp3) is 0.917. The van der Waals surface area contributed by atoms with E-state index in [2.05, 4.69) is 49.7 Å². The Hall–Kier alpha value is -1.14. The lowest BCUT2D eigenvalue weighted by molar-refractivity contribution is -0.150. The third-order valence-corrected chi connectivity index (χ3v) is 7.39. The zero-order chi connectivity index (χ0) is 21.8. The van der Waals surface area contributed by atoms with Crippen molar-refractivity contribution in [2.75, 3.05) is 39.3 Å². The van der Waals surface area contributed by atoms with Gasteiger partial charge in [-0.15, -0.1) is 0 Å². The maximum absolute atomic E-state index is 13.6. The molecule has 0 spiro atoms. The van der Waals surface area contributed by atoms with E-state index in [9.17, 15) is 9.59 Å². The van der Waals surface area contributed by atoms with Gasteiger partial charge in [-0.05, 0) is 69.9 Å². The predicted molar refractivity (Wildman–Crippen MR) is 121 cm³/mol. The zero-order valence-electron chi connectivity index (χ0n) is 19.9. The lowest BCUT2D eigenvalue weighted by Gasteiger charge is -2.45. The van der Waals surface area contributed by atoms with E-state index in [1.54, 1.807) is 0 Å².